The van der Waals surface area contributed by atoms with E-state index in [1.54, 1.807) is 6.92 Å². The third-order valence-electron chi connectivity index (χ3n) is 2.69. The molecule has 16 heavy (non-hydrogen) atoms. The zero-order valence-electron chi connectivity index (χ0n) is 8.74. The highest BCUT2D eigenvalue weighted by Crippen LogP contribution is 2.29. The molecule has 0 bridgehead atoms. The van der Waals surface area contributed by atoms with Crippen molar-refractivity contribution in [3.63, 3.8) is 0 Å². The molecular formula is C11H12BrNO3. The number of nitrogens with one attached hydrogen (secondary N) is 1. The number of morpholine rings is 1. The molecule has 2 N–H and O–H groups in total. The second-order valence-corrected chi connectivity index (χ2v) is 4.84. The lowest BCUT2D eigenvalue weighted by Gasteiger charge is -2.39. The second-order valence-electron chi connectivity index (χ2n) is 3.92. The molecule has 1 amide bonds. The minimum atomic E-state index is -1.04. The first-order chi connectivity index (χ1) is 7.52. The molecule has 0 aliphatic carbocycles. The van der Waals surface area contributed by atoms with Gasteiger partial charge in [0.25, 0.3) is 0 Å². The average Bonchev–Trinajstić information content (AvgIpc) is 2.24. The quantitative estimate of drug-likeness (QED) is 0.813. The number of benzene rings is 1. The lowest BCUT2D eigenvalue weighted by atomic mass is 9.90. The number of hydrogen-bond donors (Lipinski definition) is 2. The molecule has 0 spiro atoms. The number of aliphatic hydroxyl groups is 1. The first-order valence-electron chi connectivity index (χ1n) is 4.89. The van der Waals surface area contributed by atoms with Crippen molar-refractivity contribution in [2.45, 2.75) is 18.8 Å². The van der Waals surface area contributed by atoms with Crippen LogP contribution in [0.3, 0.4) is 0 Å². The first-order valence-corrected chi connectivity index (χ1v) is 5.68. The molecule has 1 heterocycles. The van der Waals surface area contributed by atoms with Gasteiger partial charge in [0.15, 0.2) is 6.29 Å². The molecule has 0 saturated carbocycles. The van der Waals surface area contributed by atoms with Gasteiger partial charge >= 0.3 is 0 Å². The third-order valence-corrected chi connectivity index (χ3v) is 3.18. The number of ether oxygens (including phenoxy) is 1. The van der Waals surface area contributed by atoms with Crippen LogP contribution in [0.5, 0.6) is 0 Å². The number of carbonyl (C=O) groups is 1. The van der Waals surface area contributed by atoms with Gasteiger partial charge in [-0.15, -0.1) is 0 Å². The van der Waals surface area contributed by atoms with E-state index < -0.39 is 11.8 Å². The van der Waals surface area contributed by atoms with Crippen molar-refractivity contribution in [2.75, 3.05) is 6.61 Å². The van der Waals surface area contributed by atoms with Gasteiger partial charge in [-0.05, 0) is 24.6 Å². The van der Waals surface area contributed by atoms with Crippen LogP contribution in [0.4, 0.5) is 0 Å². The highest BCUT2D eigenvalue weighted by Gasteiger charge is 2.41. The summed E-state index contributed by atoms with van der Waals surface area (Å²) >= 11 is 3.35. The van der Waals surface area contributed by atoms with Gasteiger partial charge in [0.1, 0.15) is 12.1 Å². The lowest BCUT2D eigenvalue weighted by Crippen LogP contribution is -2.58. The molecule has 2 rings (SSSR count). The predicted molar refractivity (Wildman–Crippen MR) is 61.6 cm³/mol. The Hall–Kier alpha value is -0.910. The Bertz CT molecular complexity index is 423. The summed E-state index contributed by atoms with van der Waals surface area (Å²) in [5.74, 6) is -0.229. The van der Waals surface area contributed by atoms with Crippen LogP contribution in [0.15, 0.2) is 28.7 Å². The Morgan fingerprint density at radius 2 is 2.38 bits per heavy atom. The molecule has 1 aromatic carbocycles. The van der Waals surface area contributed by atoms with Gasteiger partial charge in [0.2, 0.25) is 5.91 Å². The van der Waals surface area contributed by atoms with Gasteiger partial charge in [0, 0.05) is 4.47 Å². The summed E-state index contributed by atoms with van der Waals surface area (Å²) in [5, 5.41) is 12.6. The first kappa shape index (κ1) is 11.6. The van der Waals surface area contributed by atoms with Crippen LogP contribution in [0.2, 0.25) is 0 Å². The molecule has 2 atom stereocenters. The SMILES string of the molecule is CC1(c2cccc(Br)c2)NC(=O)COC1O. The Morgan fingerprint density at radius 1 is 1.62 bits per heavy atom. The summed E-state index contributed by atoms with van der Waals surface area (Å²) in [6.45, 7) is 1.63. The molecule has 1 aliphatic heterocycles. The highest BCUT2D eigenvalue weighted by molar-refractivity contribution is 9.10. The van der Waals surface area contributed by atoms with E-state index in [0.29, 0.717) is 0 Å². The predicted octanol–water partition coefficient (Wildman–Crippen LogP) is 1.13. The van der Waals surface area contributed by atoms with Crippen LogP contribution in [-0.4, -0.2) is 23.9 Å². The summed E-state index contributed by atoms with van der Waals surface area (Å²) in [4.78, 5) is 11.3. The summed E-state index contributed by atoms with van der Waals surface area (Å²) in [6.07, 6.45) is -1.04. The van der Waals surface area contributed by atoms with Crippen LogP contribution in [0.25, 0.3) is 0 Å². The van der Waals surface area contributed by atoms with Crippen LogP contribution < -0.4 is 5.32 Å². The van der Waals surface area contributed by atoms with Crippen molar-refractivity contribution in [2.24, 2.45) is 0 Å². The van der Waals surface area contributed by atoms with Gasteiger partial charge in [-0.1, -0.05) is 28.1 Å². The van der Waals surface area contributed by atoms with Crippen LogP contribution in [-0.2, 0) is 15.1 Å². The van der Waals surface area contributed by atoms with Gasteiger partial charge in [-0.25, -0.2) is 0 Å². The second kappa shape index (κ2) is 4.16. The van der Waals surface area contributed by atoms with Gasteiger partial charge < -0.3 is 15.2 Å². The van der Waals surface area contributed by atoms with Gasteiger partial charge in [-0.2, -0.15) is 0 Å². The Kier molecular flexibility index (Phi) is 3.01. The average molecular weight is 286 g/mol. The topological polar surface area (TPSA) is 58.6 Å². The standard InChI is InChI=1S/C11H12BrNO3/c1-11(7-3-2-4-8(12)5-7)10(15)16-6-9(14)13-11/h2-5,10,15H,6H2,1H3,(H,13,14). The molecule has 1 aromatic rings. The van der Waals surface area contributed by atoms with E-state index in [2.05, 4.69) is 21.2 Å². The minimum Gasteiger partial charge on any atom is -0.366 e. The Labute approximate surface area is 102 Å². The molecule has 2 unspecified atom stereocenters. The molecule has 1 aliphatic rings. The Morgan fingerprint density at radius 3 is 3.06 bits per heavy atom. The monoisotopic (exact) mass is 285 g/mol. The van der Waals surface area contributed by atoms with Crippen molar-refractivity contribution in [1.82, 2.24) is 5.32 Å². The van der Waals surface area contributed by atoms with E-state index in [0.717, 1.165) is 10.0 Å². The molecule has 0 radical (unpaired) electrons. The van der Waals surface area contributed by atoms with E-state index in [-0.39, 0.29) is 12.5 Å². The molecule has 0 aromatic heterocycles. The number of rotatable bonds is 1. The summed E-state index contributed by atoms with van der Waals surface area (Å²) in [5.41, 5.74) is -0.110. The van der Waals surface area contributed by atoms with Crippen molar-refractivity contribution in [1.29, 1.82) is 0 Å². The van der Waals surface area contributed by atoms with E-state index >= 15 is 0 Å². The number of amides is 1. The Balaban J connectivity index is 2.39. The molecular weight excluding hydrogens is 274 g/mol. The maximum atomic E-state index is 11.3. The maximum Gasteiger partial charge on any atom is 0.246 e. The van der Waals surface area contributed by atoms with Crippen molar-refractivity contribution < 1.29 is 14.6 Å². The zero-order valence-corrected chi connectivity index (χ0v) is 10.3. The lowest BCUT2D eigenvalue weighted by molar-refractivity contribution is -0.186. The molecule has 1 saturated heterocycles. The zero-order chi connectivity index (χ0) is 11.8. The van der Waals surface area contributed by atoms with E-state index in [1.165, 1.54) is 0 Å². The van der Waals surface area contributed by atoms with E-state index in [9.17, 15) is 9.90 Å². The summed E-state index contributed by atoms with van der Waals surface area (Å²) < 4.78 is 5.92. The normalized spacial score (nSPS) is 29.9. The molecule has 86 valence electrons. The number of carbonyl (C=O) groups excluding carboxylic acids is 1. The molecule has 5 heteroatoms. The van der Waals surface area contributed by atoms with Crippen LogP contribution in [0.1, 0.15) is 12.5 Å². The van der Waals surface area contributed by atoms with Crippen molar-refractivity contribution in [3.8, 4) is 0 Å². The van der Waals surface area contributed by atoms with Crippen molar-refractivity contribution in [3.05, 3.63) is 34.3 Å². The molecule has 4 nitrogen and oxygen atoms in total. The largest absolute Gasteiger partial charge is 0.366 e. The van der Waals surface area contributed by atoms with Gasteiger partial charge in [-0.3, -0.25) is 4.79 Å². The highest BCUT2D eigenvalue weighted by atomic mass is 79.9. The van der Waals surface area contributed by atoms with Crippen LogP contribution >= 0.6 is 15.9 Å². The fourth-order valence-corrected chi connectivity index (χ4v) is 2.13. The fourth-order valence-electron chi connectivity index (χ4n) is 1.73. The number of aliphatic hydroxyl groups excluding tert-OH is 1. The van der Waals surface area contributed by atoms with Gasteiger partial charge in [0.05, 0.1) is 0 Å². The third kappa shape index (κ3) is 1.98. The smallest absolute Gasteiger partial charge is 0.246 e. The summed E-state index contributed by atoms with van der Waals surface area (Å²) in [7, 11) is 0. The number of halogens is 1. The fraction of sp³-hybridized carbons (Fsp3) is 0.364. The van der Waals surface area contributed by atoms with E-state index in [4.69, 9.17) is 4.74 Å². The number of hydrogen-bond acceptors (Lipinski definition) is 3. The summed E-state index contributed by atoms with van der Waals surface area (Å²) in [6, 6.07) is 7.41. The maximum absolute atomic E-state index is 11.3. The van der Waals surface area contributed by atoms with Crippen LogP contribution in [0, 0.1) is 0 Å². The van der Waals surface area contributed by atoms with Crippen molar-refractivity contribution >= 4 is 21.8 Å². The van der Waals surface area contributed by atoms with E-state index in [1.807, 2.05) is 24.3 Å². The minimum absolute atomic E-state index is 0.106. The molecule has 1 fully saturated rings.